The molecule has 0 aliphatic rings. The van der Waals surface area contributed by atoms with E-state index in [9.17, 15) is 4.79 Å². The van der Waals surface area contributed by atoms with E-state index in [4.69, 9.17) is 5.26 Å². The second-order valence-electron chi connectivity index (χ2n) is 6.54. The maximum absolute atomic E-state index is 12.1. The quantitative estimate of drug-likeness (QED) is 0.408. The summed E-state index contributed by atoms with van der Waals surface area (Å²) in [4.78, 5) is 12.1. The zero-order chi connectivity index (χ0) is 20.8. The molecule has 1 N–H and O–H groups in total. The molecule has 0 bridgehead atoms. The molecule has 0 aliphatic heterocycles. The van der Waals surface area contributed by atoms with Crippen molar-refractivity contribution in [2.45, 2.75) is 25.4 Å². The van der Waals surface area contributed by atoms with E-state index in [2.05, 4.69) is 63.5 Å². The van der Waals surface area contributed by atoms with Crippen LogP contribution in [0, 0.1) is 25.2 Å². The minimum Gasteiger partial charge on any atom is -0.354 e. The van der Waals surface area contributed by atoms with Gasteiger partial charge in [0.15, 0.2) is 11.0 Å². The van der Waals surface area contributed by atoms with E-state index in [1.54, 1.807) is 0 Å². The van der Waals surface area contributed by atoms with Crippen LogP contribution in [-0.4, -0.2) is 33.0 Å². The van der Waals surface area contributed by atoms with Gasteiger partial charge in [-0.3, -0.25) is 9.36 Å². The first-order valence-electron chi connectivity index (χ1n) is 9.04. The van der Waals surface area contributed by atoms with Crippen molar-refractivity contribution in [2.24, 2.45) is 0 Å². The van der Waals surface area contributed by atoms with Crippen LogP contribution in [0.25, 0.3) is 17.1 Å². The minimum absolute atomic E-state index is 0.134. The van der Waals surface area contributed by atoms with Crippen LogP contribution in [0.2, 0.25) is 0 Å². The second-order valence-corrected chi connectivity index (χ2v) is 8.40. The molecular formula is C21H20BrN5OS. The number of carbonyl (C=O) groups excluding carboxylic acids is 1. The van der Waals surface area contributed by atoms with Gasteiger partial charge in [-0.05, 0) is 49.2 Å². The number of thioether (sulfide) groups is 1. The lowest BCUT2D eigenvalue weighted by atomic mass is 10.1. The van der Waals surface area contributed by atoms with E-state index in [0.717, 1.165) is 32.7 Å². The van der Waals surface area contributed by atoms with E-state index in [1.807, 2.05) is 34.9 Å². The Morgan fingerprint density at radius 2 is 1.86 bits per heavy atom. The Balaban J connectivity index is 1.95. The van der Waals surface area contributed by atoms with Crippen molar-refractivity contribution in [3.05, 3.63) is 58.1 Å². The summed E-state index contributed by atoms with van der Waals surface area (Å²) in [5.74, 6) is 0.787. The summed E-state index contributed by atoms with van der Waals surface area (Å²) in [6, 6.07) is 16.2. The predicted octanol–water partition coefficient (Wildman–Crippen LogP) is 4.44. The molecule has 29 heavy (non-hydrogen) atoms. The van der Waals surface area contributed by atoms with Crippen LogP contribution in [0.3, 0.4) is 0 Å². The van der Waals surface area contributed by atoms with Gasteiger partial charge >= 0.3 is 0 Å². The summed E-state index contributed by atoms with van der Waals surface area (Å²) in [6.07, 6.45) is 0.295. The Hall–Kier alpha value is -2.63. The summed E-state index contributed by atoms with van der Waals surface area (Å²) in [7, 11) is 0. The maximum Gasteiger partial charge on any atom is 0.230 e. The fraction of sp³-hybridized carbons (Fsp3) is 0.238. The van der Waals surface area contributed by atoms with E-state index in [0.29, 0.717) is 18.1 Å². The second kappa shape index (κ2) is 9.72. The number of benzene rings is 2. The van der Waals surface area contributed by atoms with Gasteiger partial charge < -0.3 is 5.32 Å². The van der Waals surface area contributed by atoms with Crippen molar-refractivity contribution in [3.63, 3.8) is 0 Å². The largest absolute Gasteiger partial charge is 0.354 e. The van der Waals surface area contributed by atoms with Crippen LogP contribution in [-0.2, 0) is 4.79 Å². The van der Waals surface area contributed by atoms with Crippen LogP contribution in [0.1, 0.15) is 17.5 Å². The van der Waals surface area contributed by atoms with Crippen LogP contribution < -0.4 is 5.32 Å². The monoisotopic (exact) mass is 469 g/mol. The van der Waals surface area contributed by atoms with Gasteiger partial charge in [0.05, 0.1) is 23.9 Å². The molecule has 148 valence electrons. The minimum atomic E-state index is -0.134. The van der Waals surface area contributed by atoms with Crippen LogP contribution in [0.5, 0.6) is 0 Å². The molecule has 0 unspecified atom stereocenters. The zero-order valence-corrected chi connectivity index (χ0v) is 18.5. The molecule has 0 saturated heterocycles. The molecule has 8 heteroatoms. The van der Waals surface area contributed by atoms with Gasteiger partial charge in [0.2, 0.25) is 5.91 Å². The lowest BCUT2D eigenvalue weighted by Crippen LogP contribution is -2.26. The van der Waals surface area contributed by atoms with Gasteiger partial charge in [-0.25, -0.2) is 0 Å². The van der Waals surface area contributed by atoms with Crippen molar-refractivity contribution >= 4 is 33.6 Å². The molecule has 3 rings (SSSR count). The molecule has 1 aromatic heterocycles. The first kappa shape index (κ1) is 21.1. The first-order chi connectivity index (χ1) is 14.0. The Kier molecular flexibility index (Phi) is 7.07. The number of halogens is 1. The molecule has 0 aliphatic carbocycles. The molecule has 1 heterocycles. The number of nitriles is 1. The lowest BCUT2D eigenvalue weighted by Gasteiger charge is -2.12. The van der Waals surface area contributed by atoms with E-state index < -0.39 is 0 Å². The number of amides is 1. The highest BCUT2D eigenvalue weighted by atomic mass is 79.9. The number of aromatic nitrogens is 3. The highest BCUT2D eigenvalue weighted by Crippen LogP contribution is 2.29. The summed E-state index contributed by atoms with van der Waals surface area (Å²) < 4.78 is 2.97. The van der Waals surface area contributed by atoms with Crippen molar-refractivity contribution in [1.29, 1.82) is 5.26 Å². The van der Waals surface area contributed by atoms with Gasteiger partial charge in [-0.2, -0.15) is 5.26 Å². The number of nitrogens with one attached hydrogen (secondary N) is 1. The van der Waals surface area contributed by atoms with Crippen molar-refractivity contribution in [3.8, 4) is 23.1 Å². The molecule has 0 atom stereocenters. The predicted molar refractivity (Wildman–Crippen MR) is 118 cm³/mol. The van der Waals surface area contributed by atoms with E-state index in [-0.39, 0.29) is 11.7 Å². The molecule has 1 amide bonds. The topological polar surface area (TPSA) is 83.6 Å². The number of aryl methyl sites for hydroxylation is 2. The summed E-state index contributed by atoms with van der Waals surface area (Å²) >= 11 is 4.78. The SMILES string of the molecule is Cc1cc(C)cc(-n2c(SCC(=O)NCCC#N)nnc2-c2ccc(Br)cc2)c1. The number of carbonyl (C=O) groups is 1. The molecule has 0 saturated carbocycles. The lowest BCUT2D eigenvalue weighted by molar-refractivity contribution is -0.118. The molecular weight excluding hydrogens is 450 g/mol. The van der Waals surface area contributed by atoms with E-state index in [1.165, 1.54) is 11.8 Å². The maximum atomic E-state index is 12.1. The fourth-order valence-corrected chi connectivity index (χ4v) is 3.95. The molecule has 0 spiro atoms. The number of rotatable bonds is 7. The number of hydrogen-bond donors (Lipinski definition) is 1. The summed E-state index contributed by atoms with van der Waals surface area (Å²) in [6.45, 7) is 4.45. The zero-order valence-electron chi connectivity index (χ0n) is 16.1. The molecule has 2 aromatic carbocycles. The normalized spacial score (nSPS) is 10.6. The van der Waals surface area contributed by atoms with Crippen molar-refractivity contribution in [2.75, 3.05) is 12.3 Å². The smallest absolute Gasteiger partial charge is 0.230 e. The summed E-state index contributed by atoms with van der Waals surface area (Å²) in [5.41, 5.74) is 4.17. The van der Waals surface area contributed by atoms with Crippen LogP contribution in [0.4, 0.5) is 0 Å². The van der Waals surface area contributed by atoms with Crippen LogP contribution >= 0.6 is 27.7 Å². The van der Waals surface area contributed by atoms with Gasteiger partial charge in [-0.1, -0.05) is 45.9 Å². The highest BCUT2D eigenvalue weighted by molar-refractivity contribution is 9.10. The van der Waals surface area contributed by atoms with Gasteiger partial charge in [0, 0.05) is 16.6 Å². The molecule has 0 fully saturated rings. The third kappa shape index (κ3) is 5.46. The third-order valence-electron chi connectivity index (χ3n) is 4.09. The number of nitrogens with zero attached hydrogens (tertiary/aromatic N) is 4. The molecule has 0 radical (unpaired) electrons. The first-order valence-corrected chi connectivity index (χ1v) is 10.8. The third-order valence-corrected chi connectivity index (χ3v) is 5.55. The molecule has 3 aromatic rings. The Labute approximate surface area is 182 Å². The van der Waals surface area contributed by atoms with E-state index >= 15 is 0 Å². The van der Waals surface area contributed by atoms with Gasteiger partial charge in [0.1, 0.15) is 0 Å². The average Bonchev–Trinajstić information content (AvgIpc) is 3.10. The number of hydrogen-bond acceptors (Lipinski definition) is 5. The fourth-order valence-electron chi connectivity index (χ4n) is 2.90. The van der Waals surface area contributed by atoms with Crippen LogP contribution in [0.15, 0.2) is 52.1 Å². The standard InChI is InChI=1S/C21H20BrN5OS/c1-14-10-15(2)12-18(11-14)27-20(16-4-6-17(22)7-5-16)25-26-21(27)29-13-19(28)24-9-3-8-23/h4-7,10-12H,3,9,13H2,1-2H3,(H,24,28). The van der Waals surface area contributed by atoms with Crippen molar-refractivity contribution in [1.82, 2.24) is 20.1 Å². The average molecular weight is 470 g/mol. The van der Waals surface area contributed by atoms with Gasteiger partial charge in [0.25, 0.3) is 0 Å². The van der Waals surface area contributed by atoms with Gasteiger partial charge in [-0.15, -0.1) is 10.2 Å². The highest BCUT2D eigenvalue weighted by Gasteiger charge is 2.17. The summed E-state index contributed by atoms with van der Waals surface area (Å²) in [5, 5.41) is 20.7. The Morgan fingerprint density at radius 3 is 2.52 bits per heavy atom. The Morgan fingerprint density at radius 1 is 1.17 bits per heavy atom. The molecule has 6 nitrogen and oxygen atoms in total. The Bertz CT molecular complexity index is 1040. The van der Waals surface area contributed by atoms with Crippen molar-refractivity contribution < 1.29 is 4.79 Å².